The Bertz CT molecular complexity index is 772. The first-order valence-electron chi connectivity index (χ1n) is 6.65. The van der Waals surface area contributed by atoms with E-state index in [1.54, 1.807) is 32.4 Å². The van der Waals surface area contributed by atoms with E-state index in [9.17, 15) is 9.59 Å². The predicted molar refractivity (Wildman–Crippen MR) is 97.0 cm³/mol. The van der Waals surface area contributed by atoms with E-state index in [4.69, 9.17) is 0 Å². The Hall–Kier alpha value is -1.90. The predicted octanol–water partition coefficient (Wildman–Crippen LogP) is 1.29. The van der Waals surface area contributed by atoms with Gasteiger partial charge in [-0.05, 0) is 28.2 Å². The molecular weight excluding hydrogens is 395 g/mol. The first kappa shape index (κ1) is 16.5. The molecule has 116 valence electrons. The molecule has 0 aliphatic carbocycles. The zero-order valence-electron chi connectivity index (χ0n) is 12.7. The molecule has 0 unspecified atom stereocenters. The summed E-state index contributed by atoms with van der Waals surface area (Å²) in [5.41, 5.74) is 0.272. The van der Waals surface area contributed by atoms with Gasteiger partial charge in [0.05, 0.1) is 12.9 Å². The van der Waals surface area contributed by atoms with Crippen molar-refractivity contribution in [2.45, 2.75) is 6.54 Å². The number of anilines is 1. The highest BCUT2D eigenvalue weighted by atomic mass is 127. The number of aliphatic imine (C=N–C) groups is 1. The third-order valence-corrected chi connectivity index (χ3v) is 4.21. The third kappa shape index (κ3) is 3.13. The average Bonchev–Trinajstić information content (AvgIpc) is 2.51. The van der Waals surface area contributed by atoms with E-state index >= 15 is 0 Å². The van der Waals surface area contributed by atoms with Crippen molar-refractivity contribution in [2.24, 2.45) is 12.0 Å². The van der Waals surface area contributed by atoms with Crippen LogP contribution in [0.4, 0.5) is 5.82 Å². The summed E-state index contributed by atoms with van der Waals surface area (Å²) in [6.45, 7) is 0.258. The first-order chi connectivity index (χ1) is 10.5. The fourth-order valence-corrected chi connectivity index (χ4v) is 3.28. The Morgan fingerprint density at radius 2 is 1.91 bits per heavy atom. The first-order valence-corrected chi connectivity index (χ1v) is 7.73. The normalized spacial score (nSPS) is 11.1. The molecule has 1 aromatic carbocycles. The van der Waals surface area contributed by atoms with Crippen LogP contribution >= 0.6 is 22.6 Å². The second-order valence-electron chi connectivity index (χ2n) is 4.84. The molecule has 2 rings (SSSR count). The average molecular weight is 412 g/mol. The maximum atomic E-state index is 12.5. The van der Waals surface area contributed by atoms with Gasteiger partial charge < -0.3 is 4.90 Å². The lowest BCUT2D eigenvalue weighted by Crippen LogP contribution is -2.43. The van der Waals surface area contributed by atoms with Crippen LogP contribution in [0.15, 0.2) is 44.9 Å². The maximum Gasteiger partial charge on any atom is 0.332 e. The van der Waals surface area contributed by atoms with Crippen molar-refractivity contribution in [1.82, 2.24) is 9.13 Å². The molecule has 0 aliphatic rings. The van der Waals surface area contributed by atoms with Gasteiger partial charge in [-0.3, -0.25) is 18.9 Å². The fourth-order valence-electron chi connectivity index (χ4n) is 2.24. The molecule has 0 spiro atoms. The van der Waals surface area contributed by atoms with Crippen molar-refractivity contribution in [3.63, 3.8) is 0 Å². The Morgan fingerprint density at radius 1 is 1.27 bits per heavy atom. The molecule has 1 aromatic heterocycles. The van der Waals surface area contributed by atoms with Crippen molar-refractivity contribution in [1.29, 1.82) is 0 Å². The van der Waals surface area contributed by atoms with Crippen molar-refractivity contribution in [2.75, 3.05) is 19.0 Å². The van der Waals surface area contributed by atoms with Crippen LogP contribution in [0.1, 0.15) is 5.56 Å². The number of benzene rings is 1. The molecule has 1 heterocycles. The zero-order valence-corrected chi connectivity index (χ0v) is 14.8. The van der Waals surface area contributed by atoms with Gasteiger partial charge >= 0.3 is 5.69 Å². The summed E-state index contributed by atoms with van der Waals surface area (Å²) in [6.07, 6.45) is 1.57. The summed E-state index contributed by atoms with van der Waals surface area (Å²) in [5.74, 6) is 0.533. The lowest BCUT2D eigenvalue weighted by molar-refractivity contribution is 0.635. The van der Waals surface area contributed by atoms with E-state index < -0.39 is 0 Å². The van der Waals surface area contributed by atoms with Crippen LogP contribution in [0.25, 0.3) is 0 Å². The van der Waals surface area contributed by atoms with Crippen molar-refractivity contribution < 1.29 is 0 Å². The smallest absolute Gasteiger partial charge is 0.321 e. The molecular formula is C15H17IN4O2. The van der Waals surface area contributed by atoms with Gasteiger partial charge in [0, 0.05) is 21.1 Å². The van der Waals surface area contributed by atoms with Crippen LogP contribution in [0, 0.1) is 3.57 Å². The summed E-state index contributed by atoms with van der Waals surface area (Å²) < 4.78 is 3.20. The van der Waals surface area contributed by atoms with Crippen molar-refractivity contribution >= 4 is 34.7 Å². The molecule has 0 bridgehead atoms. The Kier molecular flexibility index (Phi) is 5.17. The summed E-state index contributed by atoms with van der Waals surface area (Å²) in [6, 6.07) is 9.45. The molecule has 0 N–H and O–H groups in total. The van der Waals surface area contributed by atoms with Gasteiger partial charge in [-0.15, -0.1) is 0 Å². The number of hydrogen-bond acceptors (Lipinski definition) is 3. The third-order valence-electron chi connectivity index (χ3n) is 3.27. The molecule has 7 heteroatoms. The van der Waals surface area contributed by atoms with E-state index in [1.165, 1.54) is 9.13 Å². The molecule has 22 heavy (non-hydrogen) atoms. The summed E-state index contributed by atoms with van der Waals surface area (Å²) in [7, 11) is 5.05. The number of aromatic nitrogens is 2. The molecule has 2 aromatic rings. The fraction of sp³-hybridized carbons (Fsp3) is 0.267. The van der Waals surface area contributed by atoms with Crippen LogP contribution < -0.4 is 16.1 Å². The second-order valence-corrected chi connectivity index (χ2v) is 5.92. The van der Waals surface area contributed by atoms with Crippen LogP contribution in [-0.4, -0.2) is 29.6 Å². The van der Waals surface area contributed by atoms with Gasteiger partial charge in [0.1, 0.15) is 9.39 Å². The molecule has 0 atom stereocenters. The van der Waals surface area contributed by atoms with Gasteiger partial charge in [-0.1, -0.05) is 30.3 Å². The zero-order chi connectivity index (χ0) is 16.3. The van der Waals surface area contributed by atoms with Gasteiger partial charge in [-0.25, -0.2) is 4.79 Å². The van der Waals surface area contributed by atoms with Gasteiger partial charge in [0.2, 0.25) is 0 Å². The van der Waals surface area contributed by atoms with E-state index in [1.807, 2.05) is 52.9 Å². The molecule has 0 radical (unpaired) electrons. The van der Waals surface area contributed by atoms with Crippen molar-refractivity contribution in [3.05, 3.63) is 60.3 Å². The molecule has 0 amide bonds. The highest BCUT2D eigenvalue weighted by molar-refractivity contribution is 14.1. The summed E-state index contributed by atoms with van der Waals surface area (Å²) in [4.78, 5) is 30.7. The number of nitrogens with zero attached hydrogens (tertiary/aromatic N) is 4. The minimum atomic E-state index is -0.347. The van der Waals surface area contributed by atoms with Crippen molar-refractivity contribution in [3.8, 4) is 0 Å². The van der Waals surface area contributed by atoms with Crippen LogP contribution in [-0.2, 0) is 13.6 Å². The lowest BCUT2D eigenvalue weighted by atomic mass is 10.2. The highest BCUT2D eigenvalue weighted by Crippen LogP contribution is 2.14. The topological polar surface area (TPSA) is 59.6 Å². The lowest BCUT2D eigenvalue weighted by Gasteiger charge is -2.20. The van der Waals surface area contributed by atoms with Gasteiger partial charge in [0.25, 0.3) is 5.56 Å². The molecule has 0 fully saturated rings. The quantitative estimate of drug-likeness (QED) is 0.432. The Labute approximate surface area is 141 Å². The van der Waals surface area contributed by atoms with E-state index in [-0.39, 0.29) is 17.8 Å². The Balaban J connectivity index is 2.60. The maximum absolute atomic E-state index is 12.5. The molecule has 6 nitrogen and oxygen atoms in total. The van der Waals surface area contributed by atoms with Crippen LogP contribution in [0.3, 0.4) is 0 Å². The standard InChI is InChI=1S/C15H17IN4O2/c1-17-10-18(2)13-12(16)14(21)20(15(22)19(13)3)9-11-7-5-4-6-8-11/h4-8,10H,9H2,1-3H3. The highest BCUT2D eigenvalue weighted by Gasteiger charge is 2.17. The van der Waals surface area contributed by atoms with Gasteiger partial charge in [-0.2, -0.15) is 0 Å². The Morgan fingerprint density at radius 3 is 2.50 bits per heavy atom. The van der Waals surface area contributed by atoms with Gasteiger partial charge in [0.15, 0.2) is 0 Å². The monoisotopic (exact) mass is 412 g/mol. The van der Waals surface area contributed by atoms with E-state index in [0.29, 0.717) is 9.39 Å². The summed E-state index contributed by atoms with van der Waals surface area (Å²) >= 11 is 1.97. The SMILES string of the molecule is CN=CN(C)c1c(I)c(=O)n(Cc2ccccc2)c(=O)n1C. The minimum Gasteiger partial charge on any atom is -0.321 e. The van der Waals surface area contributed by atoms with E-state index in [0.717, 1.165) is 5.56 Å². The number of rotatable bonds is 4. The van der Waals surface area contributed by atoms with Crippen LogP contribution in [0.2, 0.25) is 0 Å². The number of hydrogen-bond donors (Lipinski definition) is 0. The van der Waals surface area contributed by atoms with E-state index in [2.05, 4.69) is 4.99 Å². The number of halogens is 1. The summed E-state index contributed by atoms with van der Waals surface area (Å²) in [5, 5.41) is 0. The molecule has 0 saturated heterocycles. The largest absolute Gasteiger partial charge is 0.332 e. The second kappa shape index (κ2) is 6.91. The molecule has 0 aliphatic heterocycles. The minimum absolute atomic E-state index is 0.258. The molecule has 0 saturated carbocycles. The van der Waals surface area contributed by atoms with Crippen LogP contribution in [0.5, 0.6) is 0 Å².